The minimum absolute atomic E-state index is 0.0370. The van der Waals surface area contributed by atoms with E-state index in [-0.39, 0.29) is 25.6 Å². The quantitative estimate of drug-likeness (QED) is 0.701. The summed E-state index contributed by atoms with van der Waals surface area (Å²) in [5, 5.41) is 9.09. The number of aliphatic hydroxyl groups is 1. The Kier molecular flexibility index (Phi) is 2.95. The Balaban J connectivity index is 2.23. The van der Waals surface area contributed by atoms with Gasteiger partial charge >= 0.3 is 6.18 Å². The number of hydrogen-bond donors (Lipinski definition) is 1. The third-order valence-electron chi connectivity index (χ3n) is 1.96. The monoisotopic (exact) mass is 184 g/mol. The van der Waals surface area contributed by atoms with E-state index in [4.69, 9.17) is 9.84 Å². The third kappa shape index (κ3) is 2.98. The predicted molar refractivity (Wildman–Crippen MR) is 35.6 cm³/mol. The van der Waals surface area contributed by atoms with Gasteiger partial charge in [0.05, 0.1) is 19.3 Å². The lowest BCUT2D eigenvalue weighted by molar-refractivity contribution is -0.138. The van der Waals surface area contributed by atoms with Gasteiger partial charge in [0.25, 0.3) is 0 Å². The lowest BCUT2D eigenvalue weighted by Gasteiger charge is -2.12. The fourth-order valence-corrected chi connectivity index (χ4v) is 1.21. The van der Waals surface area contributed by atoms with E-state index in [2.05, 4.69) is 0 Å². The second kappa shape index (κ2) is 3.62. The molecule has 1 aliphatic heterocycles. The number of rotatable bonds is 2. The Morgan fingerprint density at radius 1 is 1.33 bits per heavy atom. The average Bonchev–Trinajstić information content (AvgIpc) is 2.29. The Hall–Kier alpha value is -0.290. The molecule has 0 aromatic carbocycles. The van der Waals surface area contributed by atoms with Gasteiger partial charge in [0.1, 0.15) is 0 Å². The van der Waals surface area contributed by atoms with Gasteiger partial charge < -0.3 is 9.84 Å². The third-order valence-corrected chi connectivity index (χ3v) is 1.96. The molecule has 0 aromatic heterocycles. The highest BCUT2D eigenvalue weighted by Crippen LogP contribution is 2.27. The highest BCUT2D eigenvalue weighted by molar-refractivity contribution is 4.74. The van der Waals surface area contributed by atoms with Gasteiger partial charge in [-0.25, -0.2) is 0 Å². The maximum absolute atomic E-state index is 11.7. The minimum atomic E-state index is -4.12. The van der Waals surface area contributed by atoms with Crippen LogP contribution in [0.5, 0.6) is 0 Å². The number of halogens is 3. The van der Waals surface area contributed by atoms with Gasteiger partial charge in [-0.05, 0) is 6.42 Å². The van der Waals surface area contributed by atoms with Crippen molar-refractivity contribution in [3.63, 3.8) is 0 Å². The van der Waals surface area contributed by atoms with Gasteiger partial charge in [0, 0.05) is 12.3 Å². The van der Waals surface area contributed by atoms with Crippen LogP contribution in [0.4, 0.5) is 13.2 Å². The normalized spacial score (nSPS) is 31.0. The molecule has 0 spiro atoms. The highest BCUT2D eigenvalue weighted by atomic mass is 19.4. The zero-order chi connectivity index (χ0) is 9.19. The number of ether oxygens (including phenoxy) is 1. The van der Waals surface area contributed by atoms with Gasteiger partial charge in [-0.2, -0.15) is 13.2 Å². The van der Waals surface area contributed by atoms with Crippen molar-refractivity contribution < 1.29 is 23.0 Å². The second-order valence-electron chi connectivity index (χ2n) is 3.02. The van der Waals surface area contributed by atoms with E-state index < -0.39 is 18.7 Å². The Labute approximate surface area is 68.3 Å². The lowest BCUT2D eigenvalue weighted by Crippen LogP contribution is -2.20. The molecule has 12 heavy (non-hydrogen) atoms. The molecule has 0 aromatic rings. The zero-order valence-electron chi connectivity index (χ0n) is 6.47. The van der Waals surface area contributed by atoms with Crippen molar-refractivity contribution in [2.75, 3.05) is 13.2 Å². The van der Waals surface area contributed by atoms with Crippen LogP contribution >= 0.6 is 0 Å². The Bertz CT molecular complexity index is 146. The van der Waals surface area contributed by atoms with E-state index in [9.17, 15) is 13.2 Å². The first-order valence-electron chi connectivity index (χ1n) is 3.81. The molecule has 2 nitrogen and oxygen atoms in total. The highest BCUT2D eigenvalue weighted by Gasteiger charge is 2.32. The largest absolute Gasteiger partial charge is 0.390 e. The van der Waals surface area contributed by atoms with Crippen molar-refractivity contribution in [2.24, 2.45) is 5.92 Å². The molecule has 1 heterocycles. The predicted octanol–water partition coefficient (Wildman–Crippen LogP) is 1.34. The van der Waals surface area contributed by atoms with Crippen LogP contribution in [-0.4, -0.2) is 30.6 Å². The van der Waals surface area contributed by atoms with Crippen LogP contribution in [0.3, 0.4) is 0 Å². The molecule has 0 unspecified atom stereocenters. The minimum Gasteiger partial charge on any atom is -0.390 e. The Morgan fingerprint density at radius 2 is 2.00 bits per heavy atom. The van der Waals surface area contributed by atoms with E-state index in [1.165, 1.54) is 0 Å². The van der Waals surface area contributed by atoms with Crippen LogP contribution in [0.25, 0.3) is 0 Å². The van der Waals surface area contributed by atoms with Gasteiger partial charge in [0.15, 0.2) is 0 Å². The maximum atomic E-state index is 11.7. The molecular formula is C7H11F3O2. The lowest BCUT2D eigenvalue weighted by atomic mass is 10.0. The smallest absolute Gasteiger partial charge is 0.389 e. The standard InChI is InChI=1S/C7H11F3O2/c8-7(9,10)2-1-5-3-12-4-6(5)11/h5-6,11H,1-4H2/t5-,6-/m1/s1. The molecule has 0 bridgehead atoms. The van der Waals surface area contributed by atoms with Crippen LogP contribution in [0.15, 0.2) is 0 Å². The summed E-state index contributed by atoms with van der Waals surface area (Å²) in [6.45, 7) is 0.416. The van der Waals surface area contributed by atoms with E-state index in [1.54, 1.807) is 0 Å². The number of aliphatic hydroxyl groups excluding tert-OH is 1. The van der Waals surface area contributed by atoms with Gasteiger partial charge in [-0.15, -0.1) is 0 Å². The summed E-state index contributed by atoms with van der Waals surface area (Å²) in [5.41, 5.74) is 0. The molecule has 0 saturated carbocycles. The second-order valence-corrected chi connectivity index (χ2v) is 3.02. The molecule has 0 aliphatic carbocycles. The average molecular weight is 184 g/mol. The molecule has 2 atom stereocenters. The Morgan fingerprint density at radius 3 is 2.42 bits per heavy atom. The van der Waals surface area contributed by atoms with Crippen molar-refractivity contribution >= 4 is 0 Å². The first-order chi connectivity index (χ1) is 5.49. The molecule has 1 fully saturated rings. The van der Waals surface area contributed by atoms with Crippen LogP contribution in [0.2, 0.25) is 0 Å². The molecule has 0 radical (unpaired) electrons. The summed E-state index contributed by atoms with van der Waals surface area (Å²) >= 11 is 0. The van der Waals surface area contributed by atoms with Gasteiger partial charge in [0.2, 0.25) is 0 Å². The van der Waals surface area contributed by atoms with Crippen LogP contribution in [0.1, 0.15) is 12.8 Å². The summed E-state index contributed by atoms with van der Waals surface area (Å²) < 4.78 is 40.0. The topological polar surface area (TPSA) is 29.5 Å². The van der Waals surface area contributed by atoms with Crippen LogP contribution in [0, 0.1) is 5.92 Å². The van der Waals surface area contributed by atoms with Crippen molar-refractivity contribution in [2.45, 2.75) is 25.1 Å². The van der Waals surface area contributed by atoms with Crippen molar-refractivity contribution in [3.05, 3.63) is 0 Å². The van der Waals surface area contributed by atoms with Crippen LogP contribution < -0.4 is 0 Å². The van der Waals surface area contributed by atoms with Crippen molar-refractivity contribution in [1.29, 1.82) is 0 Å². The first kappa shape index (κ1) is 9.80. The molecular weight excluding hydrogens is 173 g/mol. The van der Waals surface area contributed by atoms with E-state index >= 15 is 0 Å². The van der Waals surface area contributed by atoms with Gasteiger partial charge in [-0.3, -0.25) is 0 Å². The van der Waals surface area contributed by atoms with E-state index in [1.807, 2.05) is 0 Å². The van der Waals surface area contributed by atoms with Gasteiger partial charge in [-0.1, -0.05) is 0 Å². The fourth-order valence-electron chi connectivity index (χ4n) is 1.21. The van der Waals surface area contributed by atoms with Crippen molar-refractivity contribution in [3.8, 4) is 0 Å². The van der Waals surface area contributed by atoms with E-state index in [0.29, 0.717) is 0 Å². The summed E-state index contributed by atoms with van der Waals surface area (Å²) in [5.74, 6) is -0.341. The zero-order valence-corrected chi connectivity index (χ0v) is 6.47. The number of alkyl halides is 3. The molecule has 0 amide bonds. The first-order valence-corrected chi connectivity index (χ1v) is 3.81. The maximum Gasteiger partial charge on any atom is 0.389 e. The summed E-state index contributed by atoms with van der Waals surface area (Å²) in [4.78, 5) is 0. The molecule has 1 aliphatic rings. The molecule has 1 N–H and O–H groups in total. The molecule has 1 saturated heterocycles. The SMILES string of the molecule is O[C@@H]1COC[C@H]1CCC(F)(F)F. The fraction of sp³-hybridized carbons (Fsp3) is 1.00. The van der Waals surface area contributed by atoms with Crippen molar-refractivity contribution in [1.82, 2.24) is 0 Å². The van der Waals surface area contributed by atoms with Crippen LogP contribution in [-0.2, 0) is 4.74 Å². The molecule has 1 rings (SSSR count). The summed E-state index contributed by atoms with van der Waals surface area (Å²) in [6.07, 6.45) is -5.71. The molecule has 72 valence electrons. The molecule has 5 heteroatoms. The summed E-state index contributed by atoms with van der Waals surface area (Å²) in [7, 11) is 0. The van der Waals surface area contributed by atoms with E-state index in [0.717, 1.165) is 0 Å². The summed E-state index contributed by atoms with van der Waals surface area (Å²) in [6, 6.07) is 0. The number of hydrogen-bond acceptors (Lipinski definition) is 2.